The summed E-state index contributed by atoms with van der Waals surface area (Å²) in [4.78, 5) is 20.5. The van der Waals surface area contributed by atoms with Crippen molar-refractivity contribution in [3.63, 3.8) is 0 Å². The average molecular weight is 317 g/mol. The average Bonchev–Trinajstić information content (AvgIpc) is 3.18. The Morgan fingerprint density at radius 2 is 2.18 bits per heavy atom. The van der Waals surface area contributed by atoms with Gasteiger partial charge in [0.15, 0.2) is 17.6 Å². The predicted octanol–water partition coefficient (Wildman–Crippen LogP) is 2.09. The van der Waals surface area contributed by atoms with Crippen LogP contribution >= 0.6 is 11.3 Å². The summed E-state index contributed by atoms with van der Waals surface area (Å²) in [5.41, 5.74) is 5.53. The van der Waals surface area contributed by atoms with Crippen molar-refractivity contribution in [3.05, 3.63) is 41.5 Å². The SMILES string of the molecule is C[C@@H](OC(=O)c1nccnc1N)c1nnc(-c2cccs2)o1. The van der Waals surface area contributed by atoms with Crippen LogP contribution in [0.4, 0.5) is 5.82 Å². The molecule has 0 saturated carbocycles. The molecule has 0 aliphatic rings. The van der Waals surface area contributed by atoms with Crippen LogP contribution in [0.15, 0.2) is 34.3 Å². The van der Waals surface area contributed by atoms with Gasteiger partial charge in [0, 0.05) is 12.4 Å². The van der Waals surface area contributed by atoms with Crippen LogP contribution in [-0.2, 0) is 4.74 Å². The molecule has 0 fully saturated rings. The van der Waals surface area contributed by atoms with Crippen molar-refractivity contribution in [2.24, 2.45) is 0 Å². The van der Waals surface area contributed by atoms with Crippen molar-refractivity contribution in [1.29, 1.82) is 0 Å². The van der Waals surface area contributed by atoms with Gasteiger partial charge in [-0.3, -0.25) is 0 Å². The number of hydrogen-bond donors (Lipinski definition) is 1. The maximum atomic E-state index is 12.0. The van der Waals surface area contributed by atoms with Crippen LogP contribution in [0.2, 0.25) is 0 Å². The lowest BCUT2D eigenvalue weighted by Crippen LogP contribution is -2.14. The number of carbonyl (C=O) groups excluding carboxylic acids is 1. The lowest BCUT2D eigenvalue weighted by atomic mass is 10.3. The lowest BCUT2D eigenvalue weighted by molar-refractivity contribution is 0.0274. The summed E-state index contributed by atoms with van der Waals surface area (Å²) < 4.78 is 10.7. The van der Waals surface area contributed by atoms with Crippen LogP contribution in [0.1, 0.15) is 29.4 Å². The topological polar surface area (TPSA) is 117 Å². The highest BCUT2D eigenvalue weighted by atomic mass is 32.1. The number of nitrogens with zero attached hydrogens (tertiary/aromatic N) is 4. The van der Waals surface area contributed by atoms with Crippen LogP contribution in [0.3, 0.4) is 0 Å². The molecule has 112 valence electrons. The summed E-state index contributed by atoms with van der Waals surface area (Å²) in [6.45, 7) is 1.62. The van der Waals surface area contributed by atoms with Crippen molar-refractivity contribution in [1.82, 2.24) is 20.2 Å². The van der Waals surface area contributed by atoms with E-state index in [1.807, 2.05) is 17.5 Å². The Labute approximate surface area is 129 Å². The molecule has 9 heteroatoms. The summed E-state index contributed by atoms with van der Waals surface area (Å²) >= 11 is 1.47. The van der Waals surface area contributed by atoms with E-state index >= 15 is 0 Å². The Balaban J connectivity index is 1.74. The van der Waals surface area contributed by atoms with Gasteiger partial charge in [0.25, 0.3) is 11.8 Å². The quantitative estimate of drug-likeness (QED) is 0.727. The molecule has 22 heavy (non-hydrogen) atoms. The van der Waals surface area contributed by atoms with E-state index < -0.39 is 12.1 Å². The summed E-state index contributed by atoms with van der Waals surface area (Å²) in [6.07, 6.45) is 2.02. The first-order valence-corrected chi connectivity index (χ1v) is 7.18. The minimum atomic E-state index is -0.727. The number of carbonyl (C=O) groups is 1. The number of nitrogens with two attached hydrogens (primary N) is 1. The molecule has 3 rings (SSSR count). The third-order valence-corrected chi connectivity index (χ3v) is 3.58. The molecule has 0 radical (unpaired) electrons. The fraction of sp³-hybridized carbons (Fsp3) is 0.154. The van der Waals surface area contributed by atoms with E-state index in [0.717, 1.165) is 4.88 Å². The number of esters is 1. The molecule has 2 N–H and O–H groups in total. The largest absolute Gasteiger partial charge is 0.448 e. The number of aromatic nitrogens is 4. The van der Waals surface area contributed by atoms with E-state index in [-0.39, 0.29) is 17.4 Å². The van der Waals surface area contributed by atoms with Gasteiger partial charge in [0.05, 0.1) is 4.88 Å². The van der Waals surface area contributed by atoms with Gasteiger partial charge in [-0.05, 0) is 18.4 Å². The van der Waals surface area contributed by atoms with Crippen LogP contribution in [0.5, 0.6) is 0 Å². The Morgan fingerprint density at radius 1 is 1.36 bits per heavy atom. The minimum absolute atomic E-state index is 0.00417. The smallest absolute Gasteiger partial charge is 0.361 e. The van der Waals surface area contributed by atoms with E-state index in [1.54, 1.807) is 6.92 Å². The maximum Gasteiger partial charge on any atom is 0.361 e. The number of thiophene rings is 1. The van der Waals surface area contributed by atoms with E-state index in [9.17, 15) is 4.79 Å². The summed E-state index contributed by atoms with van der Waals surface area (Å²) in [7, 11) is 0. The molecule has 0 saturated heterocycles. The van der Waals surface area contributed by atoms with E-state index in [0.29, 0.717) is 5.89 Å². The molecular weight excluding hydrogens is 306 g/mol. The van der Waals surface area contributed by atoms with Crippen LogP contribution in [0, 0.1) is 0 Å². The fourth-order valence-corrected chi connectivity index (χ4v) is 2.32. The third-order valence-electron chi connectivity index (χ3n) is 2.72. The van der Waals surface area contributed by atoms with Crippen LogP contribution < -0.4 is 5.73 Å². The molecule has 1 atom stereocenters. The van der Waals surface area contributed by atoms with E-state index in [4.69, 9.17) is 14.9 Å². The van der Waals surface area contributed by atoms with E-state index in [2.05, 4.69) is 20.2 Å². The number of hydrogen-bond acceptors (Lipinski definition) is 9. The molecule has 8 nitrogen and oxygen atoms in total. The third kappa shape index (κ3) is 2.79. The van der Waals surface area contributed by atoms with Crippen molar-refractivity contribution in [2.75, 3.05) is 5.73 Å². The molecule has 0 unspecified atom stereocenters. The zero-order valence-corrected chi connectivity index (χ0v) is 12.3. The number of rotatable bonds is 4. The number of nitrogen functional groups attached to an aromatic ring is 1. The molecular formula is C13H11N5O3S. The Hall–Kier alpha value is -2.81. The molecule has 0 bridgehead atoms. The highest BCUT2D eigenvalue weighted by Gasteiger charge is 2.22. The molecule has 3 aromatic rings. The van der Waals surface area contributed by atoms with Gasteiger partial charge < -0.3 is 14.9 Å². The van der Waals surface area contributed by atoms with Crippen molar-refractivity contribution in [3.8, 4) is 10.8 Å². The molecule has 0 amide bonds. The molecule has 3 heterocycles. The van der Waals surface area contributed by atoms with Crippen molar-refractivity contribution >= 4 is 23.1 Å². The molecule has 0 spiro atoms. The van der Waals surface area contributed by atoms with Crippen LogP contribution in [0.25, 0.3) is 10.8 Å². The zero-order valence-electron chi connectivity index (χ0n) is 11.5. The van der Waals surface area contributed by atoms with Crippen LogP contribution in [-0.4, -0.2) is 26.1 Å². The second kappa shape index (κ2) is 5.90. The van der Waals surface area contributed by atoms with Gasteiger partial charge in [0.1, 0.15) is 0 Å². The first kappa shape index (κ1) is 14.1. The monoisotopic (exact) mass is 317 g/mol. The first-order valence-electron chi connectivity index (χ1n) is 6.30. The van der Waals surface area contributed by atoms with E-state index in [1.165, 1.54) is 23.7 Å². The number of ether oxygens (including phenoxy) is 1. The summed E-state index contributed by atoms with van der Waals surface area (Å²) in [6, 6.07) is 3.74. The van der Waals surface area contributed by atoms with Gasteiger partial charge in [-0.1, -0.05) is 6.07 Å². The summed E-state index contributed by atoms with van der Waals surface area (Å²) in [5, 5.41) is 9.72. The highest BCUT2D eigenvalue weighted by Crippen LogP contribution is 2.26. The summed E-state index contributed by atoms with van der Waals surface area (Å²) in [5.74, 6) is -0.121. The lowest BCUT2D eigenvalue weighted by Gasteiger charge is -2.09. The highest BCUT2D eigenvalue weighted by molar-refractivity contribution is 7.13. The van der Waals surface area contributed by atoms with Gasteiger partial charge in [-0.2, -0.15) is 0 Å². The van der Waals surface area contributed by atoms with Gasteiger partial charge >= 0.3 is 5.97 Å². The second-order valence-electron chi connectivity index (χ2n) is 4.26. The second-order valence-corrected chi connectivity index (χ2v) is 5.21. The Kier molecular flexibility index (Phi) is 3.79. The fourth-order valence-electron chi connectivity index (χ4n) is 1.67. The molecule has 0 aliphatic carbocycles. The Bertz CT molecular complexity index is 787. The minimum Gasteiger partial charge on any atom is -0.448 e. The Morgan fingerprint density at radius 3 is 2.91 bits per heavy atom. The first-order chi connectivity index (χ1) is 10.6. The molecule has 0 aromatic carbocycles. The zero-order chi connectivity index (χ0) is 15.5. The maximum absolute atomic E-state index is 12.0. The molecule has 3 aromatic heterocycles. The molecule has 0 aliphatic heterocycles. The van der Waals surface area contributed by atoms with Gasteiger partial charge in [-0.25, -0.2) is 14.8 Å². The van der Waals surface area contributed by atoms with Gasteiger partial charge in [-0.15, -0.1) is 21.5 Å². The van der Waals surface area contributed by atoms with Crippen molar-refractivity contribution < 1.29 is 13.9 Å². The normalized spacial score (nSPS) is 12.0. The number of anilines is 1. The standard InChI is InChI=1S/C13H11N5O3S/c1-7(20-13(19)9-10(14)16-5-4-15-9)11-17-18-12(21-11)8-3-2-6-22-8/h2-7H,1H3,(H2,14,16)/t7-/m1/s1. The van der Waals surface area contributed by atoms with Gasteiger partial charge in [0.2, 0.25) is 0 Å². The predicted molar refractivity (Wildman–Crippen MR) is 77.9 cm³/mol. The van der Waals surface area contributed by atoms with Crippen molar-refractivity contribution in [2.45, 2.75) is 13.0 Å².